The SMILES string of the molecule is C=CC(=O)N1CCN(c2nc(OC)nc3c(P)c(-c4ccc(F)c(C)c4N=CC)c(C)cc23)CC1. The van der Waals surface area contributed by atoms with Crippen LogP contribution in [0.2, 0.25) is 0 Å². The van der Waals surface area contributed by atoms with Crippen LogP contribution in [0, 0.1) is 19.7 Å². The number of nitrogens with zero attached hydrogens (tertiary/aromatic N) is 5. The van der Waals surface area contributed by atoms with E-state index in [0.29, 0.717) is 37.4 Å². The van der Waals surface area contributed by atoms with Gasteiger partial charge in [-0.1, -0.05) is 6.58 Å². The number of carbonyl (C=O) groups excluding carboxylic acids is 1. The molecule has 1 aromatic heterocycles. The topological polar surface area (TPSA) is 70.9 Å². The number of aliphatic imine (C=N–C) groups is 1. The first-order chi connectivity index (χ1) is 16.8. The van der Waals surface area contributed by atoms with Crippen LogP contribution in [0.25, 0.3) is 22.0 Å². The molecule has 0 aliphatic carbocycles. The first-order valence-electron chi connectivity index (χ1n) is 11.4. The molecule has 1 fully saturated rings. The Bertz CT molecular complexity index is 1350. The number of anilines is 1. The van der Waals surface area contributed by atoms with E-state index in [0.717, 1.165) is 38.7 Å². The molecule has 3 aromatic rings. The summed E-state index contributed by atoms with van der Waals surface area (Å²) in [6, 6.07) is 5.56. The van der Waals surface area contributed by atoms with Crippen molar-refractivity contribution in [2.45, 2.75) is 20.8 Å². The Labute approximate surface area is 206 Å². The minimum absolute atomic E-state index is 0.0670. The van der Waals surface area contributed by atoms with Crippen LogP contribution in [0.15, 0.2) is 35.8 Å². The minimum atomic E-state index is -0.293. The number of aromatic nitrogens is 2. The average molecular weight is 494 g/mol. The van der Waals surface area contributed by atoms with Gasteiger partial charge < -0.3 is 14.5 Å². The van der Waals surface area contributed by atoms with E-state index in [1.165, 1.54) is 12.1 Å². The van der Waals surface area contributed by atoms with Crippen LogP contribution in [-0.4, -0.2) is 60.3 Å². The molecule has 0 saturated carbocycles. The number of aryl methyl sites for hydroxylation is 1. The second-order valence-electron chi connectivity index (χ2n) is 8.38. The van der Waals surface area contributed by atoms with E-state index in [9.17, 15) is 9.18 Å². The van der Waals surface area contributed by atoms with Gasteiger partial charge in [0.15, 0.2) is 0 Å². The molecule has 4 rings (SSSR count). The van der Waals surface area contributed by atoms with Crippen molar-refractivity contribution >= 4 is 49.1 Å². The number of halogens is 1. The van der Waals surface area contributed by atoms with Gasteiger partial charge in [0, 0.05) is 54.2 Å². The number of piperazine rings is 1. The number of fused-ring (bicyclic) bond motifs is 1. The summed E-state index contributed by atoms with van der Waals surface area (Å²) in [7, 11) is 4.34. The number of ether oxygens (including phenoxy) is 1. The quantitative estimate of drug-likeness (QED) is 0.304. The number of benzene rings is 2. The molecular weight excluding hydrogens is 464 g/mol. The van der Waals surface area contributed by atoms with Gasteiger partial charge in [0.25, 0.3) is 0 Å². The maximum Gasteiger partial charge on any atom is 0.318 e. The van der Waals surface area contributed by atoms with Crippen molar-refractivity contribution < 1.29 is 13.9 Å². The predicted octanol–water partition coefficient (Wildman–Crippen LogP) is 4.12. The number of hydrogen-bond donors (Lipinski definition) is 0. The predicted molar refractivity (Wildman–Crippen MR) is 143 cm³/mol. The van der Waals surface area contributed by atoms with E-state index in [-0.39, 0.29) is 17.7 Å². The Kier molecular flexibility index (Phi) is 7.13. The maximum atomic E-state index is 14.4. The molecular formula is C26H29FN5O2P. The van der Waals surface area contributed by atoms with Crippen LogP contribution >= 0.6 is 9.24 Å². The van der Waals surface area contributed by atoms with Crippen molar-refractivity contribution in [1.82, 2.24) is 14.9 Å². The Morgan fingerprint density at radius 1 is 1.23 bits per heavy atom. The third-order valence-corrected chi connectivity index (χ3v) is 6.89. The lowest BCUT2D eigenvalue weighted by Crippen LogP contribution is -2.48. The lowest BCUT2D eigenvalue weighted by atomic mass is 9.94. The van der Waals surface area contributed by atoms with Crippen molar-refractivity contribution in [1.29, 1.82) is 0 Å². The van der Waals surface area contributed by atoms with Crippen LogP contribution < -0.4 is 14.9 Å². The zero-order valence-corrected chi connectivity index (χ0v) is 21.6. The summed E-state index contributed by atoms with van der Waals surface area (Å²) in [5.74, 6) is 0.402. The molecule has 9 heteroatoms. The molecule has 1 unspecified atom stereocenters. The van der Waals surface area contributed by atoms with Gasteiger partial charge in [0.1, 0.15) is 11.6 Å². The number of carbonyl (C=O) groups is 1. The van der Waals surface area contributed by atoms with Gasteiger partial charge in [0.2, 0.25) is 5.91 Å². The summed E-state index contributed by atoms with van der Waals surface area (Å²) in [5, 5.41) is 1.75. The molecule has 1 aliphatic heterocycles. The maximum absolute atomic E-state index is 14.4. The normalized spacial score (nSPS) is 14.1. The van der Waals surface area contributed by atoms with Crippen molar-refractivity contribution in [3.8, 4) is 17.1 Å². The Balaban J connectivity index is 1.89. The zero-order chi connectivity index (χ0) is 25.3. The molecule has 7 nitrogen and oxygen atoms in total. The second-order valence-corrected chi connectivity index (χ2v) is 8.96. The summed E-state index contributed by atoms with van der Waals surface area (Å²) in [5.41, 5.74) is 4.59. The fourth-order valence-electron chi connectivity index (χ4n) is 4.53. The summed E-state index contributed by atoms with van der Waals surface area (Å²) in [6.45, 7) is 11.6. The second kappa shape index (κ2) is 10.1. The van der Waals surface area contributed by atoms with Crippen molar-refractivity contribution in [3.63, 3.8) is 0 Å². The van der Waals surface area contributed by atoms with E-state index >= 15 is 0 Å². The third-order valence-electron chi connectivity index (χ3n) is 6.33. The molecule has 182 valence electrons. The molecule has 1 aliphatic rings. The zero-order valence-electron chi connectivity index (χ0n) is 20.4. The summed E-state index contributed by atoms with van der Waals surface area (Å²) < 4.78 is 19.8. The number of rotatable bonds is 5. The standard InChI is InChI=1S/C26H29FN5O2P/c1-6-20(33)31-10-12-32(13-11-31)25-18-14-15(3)21(24(35)23(18)29-26(30-25)34-5)17-8-9-19(27)16(4)22(17)28-7-2/h6-9,14H,1,10-13,35H2,2-5H3. The third kappa shape index (κ3) is 4.50. The van der Waals surface area contributed by atoms with E-state index < -0.39 is 0 Å². The molecule has 2 aromatic carbocycles. The van der Waals surface area contributed by atoms with Gasteiger partial charge in [0.05, 0.1) is 18.3 Å². The number of amides is 1. The molecule has 0 radical (unpaired) electrons. The van der Waals surface area contributed by atoms with E-state index in [2.05, 4.69) is 41.7 Å². The van der Waals surface area contributed by atoms with Gasteiger partial charge in [-0.2, -0.15) is 9.97 Å². The molecule has 35 heavy (non-hydrogen) atoms. The van der Waals surface area contributed by atoms with Crippen LogP contribution in [0.3, 0.4) is 0 Å². The molecule has 2 heterocycles. The lowest BCUT2D eigenvalue weighted by molar-refractivity contribution is -0.126. The van der Waals surface area contributed by atoms with E-state index in [1.807, 2.05) is 13.8 Å². The van der Waals surface area contributed by atoms with Crippen molar-refractivity contribution in [3.05, 3.63) is 47.8 Å². The largest absolute Gasteiger partial charge is 0.467 e. The highest BCUT2D eigenvalue weighted by atomic mass is 31.0. The summed E-state index contributed by atoms with van der Waals surface area (Å²) >= 11 is 0. The van der Waals surface area contributed by atoms with Crippen molar-refractivity contribution in [2.24, 2.45) is 4.99 Å². The van der Waals surface area contributed by atoms with Crippen LogP contribution in [-0.2, 0) is 4.79 Å². The summed E-state index contributed by atoms with van der Waals surface area (Å²) in [4.78, 5) is 29.8. The summed E-state index contributed by atoms with van der Waals surface area (Å²) in [6.07, 6.45) is 3.02. The molecule has 0 bridgehead atoms. The molecule has 0 spiro atoms. The minimum Gasteiger partial charge on any atom is -0.467 e. The van der Waals surface area contributed by atoms with Gasteiger partial charge in [-0.05, 0) is 56.2 Å². The highest BCUT2D eigenvalue weighted by molar-refractivity contribution is 7.29. The highest BCUT2D eigenvalue weighted by Gasteiger charge is 2.25. The highest BCUT2D eigenvalue weighted by Crippen LogP contribution is 2.39. The average Bonchev–Trinajstić information content (AvgIpc) is 2.87. The first kappa shape index (κ1) is 24.7. The Morgan fingerprint density at radius 2 is 1.94 bits per heavy atom. The first-order valence-corrected chi connectivity index (χ1v) is 12.0. The van der Waals surface area contributed by atoms with Gasteiger partial charge >= 0.3 is 6.01 Å². The van der Waals surface area contributed by atoms with E-state index in [4.69, 9.17) is 4.74 Å². The van der Waals surface area contributed by atoms with Crippen LogP contribution in [0.5, 0.6) is 6.01 Å². The lowest BCUT2D eigenvalue weighted by Gasteiger charge is -2.35. The molecule has 0 N–H and O–H groups in total. The fraction of sp³-hybridized carbons (Fsp3) is 0.308. The van der Waals surface area contributed by atoms with Gasteiger partial charge in [-0.25, -0.2) is 4.39 Å². The number of methoxy groups -OCH3 is 1. The smallest absolute Gasteiger partial charge is 0.318 e. The van der Waals surface area contributed by atoms with Gasteiger partial charge in [-0.15, -0.1) is 9.24 Å². The van der Waals surface area contributed by atoms with Gasteiger partial charge in [-0.3, -0.25) is 9.79 Å². The Morgan fingerprint density at radius 3 is 2.57 bits per heavy atom. The van der Waals surface area contributed by atoms with Crippen molar-refractivity contribution in [2.75, 3.05) is 38.2 Å². The molecule has 1 atom stereocenters. The fourth-order valence-corrected chi connectivity index (χ4v) is 5.13. The van der Waals surface area contributed by atoms with E-state index in [1.54, 1.807) is 31.2 Å². The molecule has 1 saturated heterocycles. The van der Waals surface area contributed by atoms with Crippen LogP contribution in [0.1, 0.15) is 18.1 Å². The number of hydrogen-bond acceptors (Lipinski definition) is 6. The van der Waals surface area contributed by atoms with Crippen LogP contribution in [0.4, 0.5) is 15.9 Å². The monoisotopic (exact) mass is 493 g/mol. The Hall–Kier alpha value is -3.38. The molecule has 1 amide bonds.